The van der Waals surface area contributed by atoms with Crippen molar-refractivity contribution in [2.24, 2.45) is 0 Å². The third kappa shape index (κ3) is 4.46. The maximum atomic E-state index is 5.90. The molecule has 0 aliphatic carbocycles. The number of para-hydroxylation sites is 1. The molecule has 1 heterocycles. The first-order valence-corrected chi connectivity index (χ1v) is 8.22. The van der Waals surface area contributed by atoms with Crippen LogP contribution < -0.4 is 10.6 Å². The van der Waals surface area contributed by atoms with Crippen molar-refractivity contribution < 1.29 is 0 Å². The van der Waals surface area contributed by atoms with Crippen LogP contribution in [0.25, 0.3) is 0 Å². The Morgan fingerprint density at radius 2 is 1.79 bits per heavy atom. The number of hydrogen-bond acceptors (Lipinski definition) is 4. The second-order valence-corrected chi connectivity index (χ2v) is 5.95. The summed E-state index contributed by atoms with van der Waals surface area (Å²) < 4.78 is 0. The summed E-state index contributed by atoms with van der Waals surface area (Å²) in [5, 5.41) is 7.33. The second kappa shape index (κ2) is 7.79. The topological polar surface area (TPSA) is 49.8 Å². The van der Waals surface area contributed by atoms with Crippen molar-refractivity contribution in [3.8, 4) is 0 Å². The van der Waals surface area contributed by atoms with Gasteiger partial charge in [-0.1, -0.05) is 41.9 Å². The first-order chi connectivity index (χ1) is 11.7. The minimum Gasteiger partial charge on any atom is -0.370 e. The van der Waals surface area contributed by atoms with Crippen molar-refractivity contribution in [2.45, 2.75) is 13.3 Å². The molecule has 0 spiro atoms. The normalized spacial score (nSPS) is 10.4. The van der Waals surface area contributed by atoms with E-state index in [0.717, 1.165) is 35.1 Å². The number of rotatable bonds is 6. The summed E-state index contributed by atoms with van der Waals surface area (Å²) >= 11 is 5.90. The van der Waals surface area contributed by atoms with Gasteiger partial charge >= 0.3 is 0 Å². The lowest BCUT2D eigenvalue weighted by Crippen LogP contribution is -2.08. The zero-order chi connectivity index (χ0) is 16.8. The smallest absolute Gasteiger partial charge is 0.229 e. The number of anilines is 3. The average Bonchev–Trinajstić information content (AvgIpc) is 2.59. The van der Waals surface area contributed by atoms with Crippen LogP contribution in [0.1, 0.15) is 11.1 Å². The highest BCUT2D eigenvalue weighted by molar-refractivity contribution is 6.30. The third-order valence-corrected chi connectivity index (χ3v) is 3.93. The molecule has 0 radical (unpaired) electrons. The van der Waals surface area contributed by atoms with Gasteiger partial charge in [-0.05, 0) is 48.7 Å². The SMILES string of the molecule is Cc1ccccc1Nc1nccc(NCCc2ccc(Cl)cc2)n1. The predicted molar refractivity (Wildman–Crippen MR) is 100 cm³/mol. The predicted octanol–water partition coefficient (Wildman–Crippen LogP) is 4.84. The summed E-state index contributed by atoms with van der Waals surface area (Å²) in [6, 6.07) is 17.8. The van der Waals surface area contributed by atoms with Gasteiger partial charge < -0.3 is 10.6 Å². The van der Waals surface area contributed by atoms with Crippen LogP contribution in [-0.2, 0) is 6.42 Å². The van der Waals surface area contributed by atoms with E-state index < -0.39 is 0 Å². The van der Waals surface area contributed by atoms with E-state index in [4.69, 9.17) is 11.6 Å². The molecule has 2 aromatic carbocycles. The molecular formula is C19H19ClN4. The number of hydrogen-bond donors (Lipinski definition) is 2. The molecule has 0 amide bonds. The zero-order valence-electron chi connectivity index (χ0n) is 13.5. The fourth-order valence-electron chi connectivity index (χ4n) is 2.34. The van der Waals surface area contributed by atoms with Gasteiger partial charge in [-0.15, -0.1) is 0 Å². The molecule has 24 heavy (non-hydrogen) atoms. The summed E-state index contributed by atoms with van der Waals surface area (Å²) in [5.74, 6) is 1.39. The third-order valence-electron chi connectivity index (χ3n) is 3.68. The monoisotopic (exact) mass is 338 g/mol. The molecule has 3 aromatic rings. The highest BCUT2D eigenvalue weighted by atomic mass is 35.5. The molecule has 3 rings (SSSR count). The fraction of sp³-hybridized carbons (Fsp3) is 0.158. The van der Waals surface area contributed by atoms with E-state index in [1.807, 2.05) is 48.5 Å². The lowest BCUT2D eigenvalue weighted by atomic mass is 10.1. The number of benzene rings is 2. The Balaban J connectivity index is 1.59. The fourth-order valence-corrected chi connectivity index (χ4v) is 2.46. The van der Waals surface area contributed by atoms with Crippen molar-refractivity contribution >= 4 is 29.1 Å². The zero-order valence-corrected chi connectivity index (χ0v) is 14.2. The van der Waals surface area contributed by atoms with Crippen molar-refractivity contribution in [3.63, 3.8) is 0 Å². The lowest BCUT2D eigenvalue weighted by molar-refractivity contribution is 1.00. The Morgan fingerprint density at radius 1 is 1.00 bits per heavy atom. The Labute approximate surface area is 146 Å². The molecule has 0 fully saturated rings. The minimum absolute atomic E-state index is 0.584. The van der Waals surface area contributed by atoms with Crippen molar-refractivity contribution in [3.05, 3.63) is 76.9 Å². The maximum Gasteiger partial charge on any atom is 0.229 e. The van der Waals surface area contributed by atoms with Gasteiger partial charge in [0.25, 0.3) is 0 Å². The molecule has 1 aromatic heterocycles. The molecule has 122 valence electrons. The Hall–Kier alpha value is -2.59. The molecule has 0 aliphatic heterocycles. The highest BCUT2D eigenvalue weighted by Gasteiger charge is 2.02. The lowest BCUT2D eigenvalue weighted by Gasteiger charge is -2.10. The van der Waals surface area contributed by atoms with Gasteiger partial charge in [-0.3, -0.25) is 0 Å². The van der Waals surface area contributed by atoms with Crippen LogP contribution in [0.4, 0.5) is 17.5 Å². The van der Waals surface area contributed by atoms with Gasteiger partial charge in [-0.2, -0.15) is 4.98 Å². The van der Waals surface area contributed by atoms with E-state index in [1.165, 1.54) is 5.56 Å². The average molecular weight is 339 g/mol. The van der Waals surface area contributed by atoms with Crippen LogP contribution in [0.5, 0.6) is 0 Å². The van der Waals surface area contributed by atoms with E-state index in [-0.39, 0.29) is 0 Å². The summed E-state index contributed by atoms with van der Waals surface area (Å²) in [7, 11) is 0. The molecular weight excluding hydrogens is 320 g/mol. The van der Waals surface area contributed by atoms with E-state index in [0.29, 0.717) is 5.95 Å². The molecule has 0 aliphatic rings. The maximum absolute atomic E-state index is 5.90. The quantitative estimate of drug-likeness (QED) is 0.675. The van der Waals surface area contributed by atoms with Gasteiger partial charge in [0.2, 0.25) is 5.95 Å². The van der Waals surface area contributed by atoms with E-state index in [9.17, 15) is 0 Å². The van der Waals surface area contributed by atoms with Crippen LogP contribution in [0.3, 0.4) is 0 Å². The van der Waals surface area contributed by atoms with Gasteiger partial charge in [0.15, 0.2) is 0 Å². The summed E-state index contributed by atoms with van der Waals surface area (Å²) in [6.45, 7) is 2.85. The van der Waals surface area contributed by atoms with Gasteiger partial charge in [0, 0.05) is 23.5 Å². The molecule has 0 saturated heterocycles. The van der Waals surface area contributed by atoms with Crippen molar-refractivity contribution in [2.75, 3.05) is 17.2 Å². The molecule has 5 heteroatoms. The van der Waals surface area contributed by atoms with E-state index in [2.05, 4.69) is 33.6 Å². The molecule has 2 N–H and O–H groups in total. The van der Waals surface area contributed by atoms with Crippen molar-refractivity contribution in [1.82, 2.24) is 9.97 Å². The standard InChI is InChI=1S/C19H19ClN4/c1-14-4-2-3-5-17(14)23-19-22-13-11-18(24-19)21-12-10-15-6-8-16(20)9-7-15/h2-9,11,13H,10,12H2,1H3,(H2,21,22,23,24). The molecule has 0 bridgehead atoms. The Morgan fingerprint density at radius 3 is 2.58 bits per heavy atom. The van der Waals surface area contributed by atoms with Gasteiger partial charge in [-0.25, -0.2) is 4.98 Å². The van der Waals surface area contributed by atoms with Crippen LogP contribution in [-0.4, -0.2) is 16.5 Å². The Bertz CT molecular complexity index is 802. The van der Waals surface area contributed by atoms with Gasteiger partial charge in [0.1, 0.15) is 5.82 Å². The summed E-state index contributed by atoms with van der Waals surface area (Å²) in [5.41, 5.74) is 3.40. The number of aromatic nitrogens is 2. The van der Waals surface area contributed by atoms with Crippen LogP contribution in [0.15, 0.2) is 60.8 Å². The molecule has 0 saturated carbocycles. The van der Waals surface area contributed by atoms with Crippen LogP contribution >= 0.6 is 11.6 Å². The van der Waals surface area contributed by atoms with Gasteiger partial charge in [0.05, 0.1) is 0 Å². The first-order valence-electron chi connectivity index (χ1n) is 7.85. The number of nitrogens with one attached hydrogen (secondary N) is 2. The minimum atomic E-state index is 0.584. The van der Waals surface area contributed by atoms with Crippen molar-refractivity contribution in [1.29, 1.82) is 0 Å². The number of nitrogens with zero attached hydrogens (tertiary/aromatic N) is 2. The molecule has 4 nitrogen and oxygen atoms in total. The van der Waals surface area contributed by atoms with E-state index >= 15 is 0 Å². The summed E-state index contributed by atoms with van der Waals surface area (Å²) in [6.07, 6.45) is 2.65. The molecule has 0 atom stereocenters. The number of aryl methyl sites for hydroxylation is 1. The highest BCUT2D eigenvalue weighted by Crippen LogP contribution is 2.18. The van der Waals surface area contributed by atoms with Crippen LogP contribution in [0.2, 0.25) is 5.02 Å². The Kier molecular flexibility index (Phi) is 5.29. The number of halogens is 1. The first kappa shape index (κ1) is 16.3. The molecule has 0 unspecified atom stereocenters. The van der Waals surface area contributed by atoms with E-state index in [1.54, 1.807) is 6.20 Å². The largest absolute Gasteiger partial charge is 0.370 e. The van der Waals surface area contributed by atoms with Crippen LogP contribution in [0, 0.1) is 6.92 Å². The second-order valence-electron chi connectivity index (χ2n) is 5.51. The summed E-state index contributed by atoms with van der Waals surface area (Å²) in [4.78, 5) is 8.77.